The lowest BCUT2D eigenvalue weighted by Gasteiger charge is -2.24. The first-order valence-electron chi connectivity index (χ1n) is 8.66. The number of hydrogen-bond donors (Lipinski definition) is 1. The largest absolute Gasteiger partial charge is 0.354 e. The number of carbonyl (C=O) groups is 1. The quantitative estimate of drug-likeness (QED) is 0.785. The average Bonchev–Trinajstić information content (AvgIpc) is 3.28. The Kier molecular flexibility index (Phi) is 5.69. The van der Waals surface area contributed by atoms with Crippen molar-refractivity contribution in [1.82, 2.24) is 10.2 Å². The standard InChI is InChI=1S/C20H26N2OS/c1-22(2)18(19-9-6-12-24-19)14-21-20(23)13-17(16-10-11-16)15-7-4-3-5-8-15/h3-9,12,16-18H,10-11,13-14H2,1-2H3,(H,21,23). The van der Waals surface area contributed by atoms with Gasteiger partial charge in [0.2, 0.25) is 5.91 Å². The predicted octanol–water partition coefficient (Wildman–Crippen LogP) is 4.05. The van der Waals surface area contributed by atoms with E-state index in [0.29, 0.717) is 24.8 Å². The predicted molar refractivity (Wildman–Crippen MR) is 100 cm³/mol. The number of likely N-dealkylation sites (N-methyl/N-ethyl adjacent to an activating group) is 1. The molecular formula is C20H26N2OS. The Labute approximate surface area is 148 Å². The van der Waals surface area contributed by atoms with Crippen molar-refractivity contribution < 1.29 is 4.79 Å². The molecule has 2 unspecified atom stereocenters. The van der Waals surface area contributed by atoms with Crippen LogP contribution in [-0.2, 0) is 4.79 Å². The average molecular weight is 343 g/mol. The zero-order valence-electron chi connectivity index (χ0n) is 14.4. The monoisotopic (exact) mass is 342 g/mol. The third-order valence-corrected chi connectivity index (χ3v) is 5.79. The number of carbonyl (C=O) groups excluding carboxylic acids is 1. The maximum absolute atomic E-state index is 12.5. The molecule has 1 heterocycles. The van der Waals surface area contributed by atoms with Gasteiger partial charge in [-0.05, 0) is 55.8 Å². The Balaban J connectivity index is 1.58. The minimum atomic E-state index is 0.166. The molecule has 1 fully saturated rings. The molecule has 1 aliphatic rings. The van der Waals surface area contributed by atoms with Gasteiger partial charge in [0, 0.05) is 17.8 Å². The van der Waals surface area contributed by atoms with Gasteiger partial charge in [-0.25, -0.2) is 0 Å². The van der Waals surface area contributed by atoms with Gasteiger partial charge in [0.05, 0.1) is 6.04 Å². The molecule has 24 heavy (non-hydrogen) atoms. The third-order valence-electron chi connectivity index (χ3n) is 4.81. The van der Waals surface area contributed by atoms with Gasteiger partial charge in [-0.15, -0.1) is 11.3 Å². The summed E-state index contributed by atoms with van der Waals surface area (Å²) in [7, 11) is 4.13. The molecule has 1 N–H and O–H groups in total. The highest BCUT2D eigenvalue weighted by atomic mass is 32.1. The van der Waals surface area contributed by atoms with Gasteiger partial charge in [-0.3, -0.25) is 4.79 Å². The summed E-state index contributed by atoms with van der Waals surface area (Å²) in [4.78, 5) is 16.0. The van der Waals surface area contributed by atoms with E-state index in [4.69, 9.17) is 0 Å². The van der Waals surface area contributed by atoms with Gasteiger partial charge in [-0.1, -0.05) is 36.4 Å². The molecule has 1 aromatic heterocycles. The van der Waals surface area contributed by atoms with Gasteiger partial charge in [0.25, 0.3) is 0 Å². The second-order valence-corrected chi connectivity index (χ2v) is 7.84. The fourth-order valence-electron chi connectivity index (χ4n) is 3.26. The smallest absolute Gasteiger partial charge is 0.220 e. The van der Waals surface area contributed by atoms with Crippen LogP contribution in [0.1, 0.15) is 41.7 Å². The summed E-state index contributed by atoms with van der Waals surface area (Å²) in [6.07, 6.45) is 3.10. The lowest BCUT2D eigenvalue weighted by Crippen LogP contribution is -2.34. The number of benzene rings is 1. The van der Waals surface area contributed by atoms with Crippen molar-refractivity contribution in [3.05, 3.63) is 58.3 Å². The van der Waals surface area contributed by atoms with Crippen LogP contribution >= 0.6 is 11.3 Å². The summed E-state index contributed by atoms with van der Waals surface area (Å²) in [5, 5.41) is 5.25. The van der Waals surface area contributed by atoms with Gasteiger partial charge < -0.3 is 10.2 Å². The van der Waals surface area contributed by atoms with E-state index in [2.05, 4.69) is 66.1 Å². The van der Waals surface area contributed by atoms with E-state index >= 15 is 0 Å². The van der Waals surface area contributed by atoms with Crippen LogP contribution in [0.25, 0.3) is 0 Å². The minimum absolute atomic E-state index is 0.166. The molecule has 2 atom stereocenters. The molecule has 1 aliphatic carbocycles. The van der Waals surface area contributed by atoms with Crippen molar-refractivity contribution >= 4 is 17.2 Å². The summed E-state index contributed by atoms with van der Waals surface area (Å²) in [5.41, 5.74) is 1.30. The van der Waals surface area contributed by atoms with Crippen molar-refractivity contribution in [2.45, 2.75) is 31.2 Å². The lowest BCUT2D eigenvalue weighted by atomic mass is 9.91. The van der Waals surface area contributed by atoms with Crippen LogP contribution in [0.15, 0.2) is 47.8 Å². The molecule has 0 radical (unpaired) electrons. The maximum Gasteiger partial charge on any atom is 0.220 e. The molecular weight excluding hydrogens is 316 g/mol. The van der Waals surface area contributed by atoms with E-state index in [0.717, 1.165) is 0 Å². The van der Waals surface area contributed by atoms with Crippen molar-refractivity contribution in [2.24, 2.45) is 5.92 Å². The minimum Gasteiger partial charge on any atom is -0.354 e. The van der Waals surface area contributed by atoms with E-state index in [1.54, 1.807) is 11.3 Å². The Morgan fingerprint density at radius 1 is 1.21 bits per heavy atom. The maximum atomic E-state index is 12.5. The molecule has 4 heteroatoms. The van der Waals surface area contributed by atoms with Gasteiger partial charge in [-0.2, -0.15) is 0 Å². The number of nitrogens with zero attached hydrogens (tertiary/aromatic N) is 1. The molecule has 1 aromatic carbocycles. The first-order chi connectivity index (χ1) is 11.6. The molecule has 128 valence electrons. The van der Waals surface area contributed by atoms with Crippen LogP contribution < -0.4 is 5.32 Å². The van der Waals surface area contributed by atoms with E-state index < -0.39 is 0 Å². The third kappa shape index (κ3) is 4.46. The van der Waals surface area contributed by atoms with Crippen molar-refractivity contribution in [3.8, 4) is 0 Å². The number of rotatable bonds is 8. The van der Waals surface area contributed by atoms with Crippen LogP contribution in [-0.4, -0.2) is 31.4 Å². The first kappa shape index (κ1) is 17.2. The Morgan fingerprint density at radius 3 is 2.54 bits per heavy atom. The van der Waals surface area contributed by atoms with Gasteiger partial charge in [0.15, 0.2) is 0 Å². The SMILES string of the molecule is CN(C)C(CNC(=O)CC(c1ccccc1)C1CC1)c1cccs1. The topological polar surface area (TPSA) is 32.3 Å². The normalized spacial score (nSPS) is 16.8. The van der Waals surface area contributed by atoms with E-state index in [-0.39, 0.29) is 11.9 Å². The van der Waals surface area contributed by atoms with Crippen molar-refractivity contribution in [2.75, 3.05) is 20.6 Å². The summed E-state index contributed by atoms with van der Waals surface area (Å²) in [5.74, 6) is 1.21. The summed E-state index contributed by atoms with van der Waals surface area (Å²) in [6.45, 7) is 0.665. The summed E-state index contributed by atoms with van der Waals surface area (Å²) >= 11 is 1.74. The van der Waals surface area contributed by atoms with Gasteiger partial charge >= 0.3 is 0 Å². The zero-order valence-corrected chi connectivity index (χ0v) is 15.3. The highest BCUT2D eigenvalue weighted by molar-refractivity contribution is 7.10. The number of hydrogen-bond acceptors (Lipinski definition) is 3. The molecule has 2 aromatic rings. The molecule has 1 saturated carbocycles. The van der Waals surface area contributed by atoms with Crippen LogP contribution in [0.2, 0.25) is 0 Å². The van der Waals surface area contributed by atoms with Crippen molar-refractivity contribution in [3.63, 3.8) is 0 Å². The van der Waals surface area contributed by atoms with Crippen LogP contribution in [0.5, 0.6) is 0 Å². The van der Waals surface area contributed by atoms with Gasteiger partial charge in [0.1, 0.15) is 0 Å². The number of thiophene rings is 1. The highest BCUT2D eigenvalue weighted by Gasteiger charge is 2.33. The summed E-state index contributed by atoms with van der Waals surface area (Å²) < 4.78 is 0. The second-order valence-electron chi connectivity index (χ2n) is 6.86. The zero-order chi connectivity index (χ0) is 16.9. The van der Waals surface area contributed by atoms with E-state index in [1.165, 1.54) is 23.3 Å². The van der Waals surface area contributed by atoms with Crippen molar-refractivity contribution in [1.29, 1.82) is 0 Å². The van der Waals surface area contributed by atoms with Crippen LogP contribution in [0.3, 0.4) is 0 Å². The fraction of sp³-hybridized carbons (Fsp3) is 0.450. The fourth-order valence-corrected chi connectivity index (χ4v) is 4.18. The molecule has 0 aliphatic heterocycles. The Morgan fingerprint density at radius 2 is 1.96 bits per heavy atom. The Bertz CT molecular complexity index is 635. The molecule has 1 amide bonds. The van der Waals surface area contributed by atoms with Crippen LogP contribution in [0.4, 0.5) is 0 Å². The lowest BCUT2D eigenvalue weighted by molar-refractivity contribution is -0.121. The molecule has 3 nitrogen and oxygen atoms in total. The molecule has 0 saturated heterocycles. The number of amides is 1. The molecule has 3 rings (SSSR count). The highest BCUT2D eigenvalue weighted by Crippen LogP contribution is 2.44. The molecule has 0 spiro atoms. The molecule has 0 bridgehead atoms. The second kappa shape index (κ2) is 7.95. The van der Waals surface area contributed by atoms with Crippen LogP contribution in [0, 0.1) is 5.92 Å². The number of nitrogens with one attached hydrogen (secondary N) is 1. The Hall–Kier alpha value is -1.65. The summed E-state index contributed by atoms with van der Waals surface area (Å²) in [6, 6.07) is 14.9. The first-order valence-corrected chi connectivity index (χ1v) is 9.54. The van der Waals surface area contributed by atoms with E-state index in [1.807, 2.05) is 6.07 Å². The van der Waals surface area contributed by atoms with E-state index in [9.17, 15) is 4.79 Å².